The molecule has 2 heteroatoms. The van der Waals surface area contributed by atoms with Gasteiger partial charge in [-0.25, -0.2) is 0 Å². The molecule has 0 spiro atoms. The minimum Gasteiger partial charge on any atom is -0.340 e. The smallest absolute Gasteiger partial charge is 0.222 e. The van der Waals surface area contributed by atoms with Gasteiger partial charge in [0.05, 0.1) is 0 Å². The summed E-state index contributed by atoms with van der Waals surface area (Å²) in [6, 6.07) is 0.484. The SMILES string of the molecule is CCCCCCC(=O)N1CCCC[C@@H]1C. The Hall–Kier alpha value is -0.530. The van der Waals surface area contributed by atoms with Crippen molar-refractivity contribution < 1.29 is 4.79 Å². The van der Waals surface area contributed by atoms with Crippen LogP contribution < -0.4 is 0 Å². The molecule has 1 aliphatic heterocycles. The third kappa shape index (κ3) is 4.23. The lowest BCUT2D eigenvalue weighted by atomic mass is 10.0. The van der Waals surface area contributed by atoms with Crippen LogP contribution in [0.4, 0.5) is 0 Å². The first-order chi connectivity index (χ1) is 7.25. The van der Waals surface area contributed by atoms with Crippen molar-refractivity contribution in [3.63, 3.8) is 0 Å². The molecule has 88 valence electrons. The second-order valence-corrected chi connectivity index (χ2v) is 4.74. The molecule has 15 heavy (non-hydrogen) atoms. The second kappa shape index (κ2) is 6.86. The molecule has 1 amide bonds. The topological polar surface area (TPSA) is 20.3 Å². The Kier molecular flexibility index (Phi) is 5.74. The minimum absolute atomic E-state index is 0.387. The van der Waals surface area contributed by atoms with Gasteiger partial charge in [-0.15, -0.1) is 0 Å². The molecule has 0 aromatic rings. The van der Waals surface area contributed by atoms with Gasteiger partial charge in [0.25, 0.3) is 0 Å². The maximum Gasteiger partial charge on any atom is 0.222 e. The number of piperidine rings is 1. The van der Waals surface area contributed by atoms with Crippen LogP contribution in [0.3, 0.4) is 0 Å². The van der Waals surface area contributed by atoms with E-state index in [1.807, 2.05) is 0 Å². The van der Waals surface area contributed by atoms with Crippen molar-refractivity contribution in [3.8, 4) is 0 Å². The Labute approximate surface area is 94.0 Å². The highest BCUT2D eigenvalue weighted by atomic mass is 16.2. The van der Waals surface area contributed by atoms with E-state index in [0.717, 1.165) is 19.4 Å². The second-order valence-electron chi connectivity index (χ2n) is 4.74. The molecule has 1 fully saturated rings. The van der Waals surface area contributed by atoms with Gasteiger partial charge in [-0.2, -0.15) is 0 Å². The maximum atomic E-state index is 11.9. The Morgan fingerprint density at radius 2 is 2.07 bits per heavy atom. The number of likely N-dealkylation sites (tertiary alicyclic amines) is 1. The number of rotatable bonds is 5. The molecule has 1 rings (SSSR count). The van der Waals surface area contributed by atoms with Crippen LogP contribution in [-0.2, 0) is 4.79 Å². The Morgan fingerprint density at radius 3 is 2.73 bits per heavy atom. The highest BCUT2D eigenvalue weighted by Crippen LogP contribution is 2.18. The van der Waals surface area contributed by atoms with E-state index in [4.69, 9.17) is 0 Å². The molecule has 1 saturated heterocycles. The molecule has 1 heterocycles. The van der Waals surface area contributed by atoms with Gasteiger partial charge >= 0.3 is 0 Å². The fraction of sp³-hybridized carbons (Fsp3) is 0.923. The van der Waals surface area contributed by atoms with Crippen LogP contribution in [0, 0.1) is 0 Å². The van der Waals surface area contributed by atoms with Gasteiger partial charge in [0.15, 0.2) is 0 Å². The third-order valence-electron chi connectivity index (χ3n) is 3.37. The summed E-state index contributed by atoms with van der Waals surface area (Å²) in [4.78, 5) is 14.0. The molecule has 0 radical (unpaired) electrons. The normalized spacial score (nSPS) is 21.7. The van der Waals surface area contributed by atoms with Crippen LogP contribution in [-0.4, -0.2) is 23.4 Å². The van der Waals surface area contributed by atoms with E-state index in [1.54, 1.807) is 0 Å². The molecule has 0 aromatic heterocycles. The number of hydrogen-bond donors (Lipinski definition) is 0. The molecule has 0 N–H and O–H groups in total. The van der Waals surface area contributed by atoms with E-state index >= 15 is 0 Å². The lowest BCUT2D eigenvalue weighted by Gasteiger charge is -2.33. The molecule has 0 bridgehead atoms. The van der Waals surface area contributed by atoms with Gasteiger partial charge in [-0.3, -0.25) is 4.79 Å². The number of amides is 1. The standard InChI is InChI=1S/C13H25NO/c1-3-4-5-6-10-13(15)14-11-8-7-9-12(14)2/h12H,3-11H2,1-2H3/t12-/m0/s1. The number of nitrogens with zero attached hydrogens (tertiary/aromatic N) is 1. The van der Waals surface area contributed by atoms with Gasteiger partial charge in [0.2, 0.25) is 5.91 Å². The number of carbonyl (C=O) groups excluding carboxylic acids is 1. The van der Waals surface area contributed by atoms with Crippen LogP contribution in [0.5, 0.6) is 0 Å². The van der Waals surface area contributed by atoms with E-state index in [2.05, 4.69) is 18.7 Å². The monoisotopic (exact) mass is 211 g/mol. The largest absolute Gasteiger partial charge is 0.340 e. The van der Waals surface area contributed by atoms with Crippen LogP contribution in [0.2, 0.25) is 0 Å². The van der Waals surface area contributed by atoms with Crippen molar-refractivity contribution in [2.24, 2.45) is 0 Å². The summed E-state index contributed by atoms with van der Waals surface area (Å²) in [5, 5.41) is 0. The molecular weight excluding hydrogens is 186 g/mol. The van der Waals surface area contributed by atoms with E-state index in [9.17, 15) is 4.79 Å². The van der Waals surface area contributed by atoms with Crippen molar-refractivity contribution >= 4 is 5.91 Å². The first-order valence-corrected chi connectivity index (χ1v) is 6.55. The van der Waals surface area contributed by atoms with Crippen LogP contribution in [0.15, 0.2) is 0 Å². The molecule has 0 aromatic carbocycles. The Morgan fingerprint density at radius 1 is 1.27 bits per heavy atom. The van der Waals surface area contributed by atoms with Gasteiger partial charge in [-0.1, -0.05) is 26.2 Å². The van der Waals surface area contributed by atoms with Crippen molar-refractivity contribution in [3.05, 3.63) is 0 Å². The molecule has 1 atom stereocenters. The van der Waals surface area contributed by atoms with Crippen LogP contribution >= 0.6 is 0 Å². The lowest BCUT2D eigenvalue weighted by molar-refractivity contribution is -0.134. The van der Waals surface area contributed by atoms with Crippen LogP contribution in [0.25, 0.3) is 0 Å². The van der Waals surface area contributed by atoms with Crippen molar-refractivity contribution in [2.75, 3.05) is 6.54 Å². The van der Waals surface area contributed by atoms with Gasteiger partial charge < -0.3 is 4.90 Å². The van der Waals surface area contributed by atoms with Crippen molar-refractivity contribution in [1.82, 2.24) is 4.90 Å². The van der Waals surface area contributed by atoms with Crippen LogP contribution in [0.1, 0.15) is 65.2 Å². The fourth-order valence-corrected chi connectivity index (χ4v) is 2.32. The fourth-order valence-electron chi connectivity index (χ4n) is 2.32. The highest BCUT2D eigenvalue weighted by molar-refractivity contribution is 5.76. The summed E-state index contributed by atoms with van der Waals surface area (Å²) in [5.41, 5.74) is 0. The van der Waals surface area contributed by atoms with E-state index in [-0.39, 0.29) is 0 Å². The number of hydrogen-bond acceptors (Lipinski definition) is 1. The zero-order chi connectivity index (χ0) is 11.1. The van der Waals surface area contributed by atoms with E-state index < -0.39 is 0 Å². The zero-order valence-electron chi connectivity index (χ0n) is 10.3. The van der Waals surface area contributed by atoms with E-state index in [1.165, 1.54) is 38.5 Å². The highest BCUT2D eigenvalue weighted by Gasteiger charge is 2.22. The predicted molar refractivity (Wildman–Crippen MR) is 63.8 cm³/mol. The predicted octanol–water partition coefficient (Wildman–Crippen LogP) is 3.36. The summed E-state index contributed by atoms with van der Waals surface area (Å²) in [7, 11) is 0. The molecule has 0 unspecified atom stereocenters. The average molecular weight is 211 g/mol. The molecule has 0 saturated carbocycles. The third-order valence-corrected chi connectivity index (χ3v) is 3.37. The average Bonchev–Trinajstić information content (AvgIpc) is 2.25. The molecular formula is C13H25NO. The molecule has 1 aliphatic rings. The minimum atomic E-state index is 0.387. The molecule has 0 aliphatic carbocycles. The first kappa shape index (κ1) is 12.5. The summed E-state index contributed by atoms with van der Waals surface area (Å²) in [5.74, 6) is 0.387. The molecule has 2 nitrogen and oxygen atoms in total. The van der Waals surface area contributed by atoms with Crippen molar-refractivity contribution in [2.45, 2.75) is 71.3 Å². The quantitative estimate of drug-likeness (QED) is 0.639. The summed E-state index contributed by atoms with van der Waals surface area (Å²) in [6.07, 6.45) is 9.26. The van der Waals surface area contributed by atoms with E-state index in [0.29, 0.717) is 11.9 Å². The maximum absolute atomic E-state index is 11.9. The number of unbranched alkanes of at least 4 members (excludes halogenated alkanes) is 3. The summed E-state index contributed by atoms with van der Waals surface area (Å²) < 4.78 is 0. The Balaban J connectivity index is 2.20. The van der Waals surface area contributed by atoms with Crippen molar-refractivity contribution in [1.29, 1.82) is 0 Å². The summed E-state index contributed by atoms with van der Waals surface area (Å²) in [6.45, 7) is 5.38. The van der Waals surface area contributed by atoms with Gasteiger partial charge in [0, 0.05) is 19.0 Å². The van der Waals surface area contributed by atoms with Gasteiger partial charge in [0.1, 0.15) is 0 Å². The number of carbonyl (C=O) groups is 1. The Bertz CT molecular complexity index is 191. The zero-order valence-corrected chi connectivity index (χ0v) is 10.3. The van der Waals surface area contributed by atoms with Gasteiger partial charge in [-0.05, 0) is 32.6 Å². The summed E-state index contributed by atoms with van der Waals surface area (Å²) >= 11 is 0. The lowest BCUT2D eigenvalue weighted by Crippen LogP contribution is -2.41. The first-order valence-electron chi connectivity index (χ1n) is 6.55.